The first-order valence-electron chi connectivity index (χ1n) is 8.66. The Bertz CT molecular complexity index is 959. The van der Waals surface area contributed by atoms with Gasteiger partial charge in [0.2, 0.25) is 5.91 Å². The summed E-state index contributed by atoms with van der Waals surface area (Å²) in [6.45, 7) is 4.07. The van der Waals surface area contributed by atoms with Crippen molar-refractivity contribution in [3.8, 4) is 0 Å². The molecule has 0 unspecified atom stereocenters. The second-order valence-corrected chi connectivity index (χ2v) is 7.26. The number of hydrogen-bond acceptors (Lipinski definition) is 5. The molecule has 4 rings (SSSR count). The standard InChI is InChI=1S/C19H20N4O2S/c24-18(12-23-14-20-17-4-2-1-3-16(17)19(23)25)22-8-6-21(7-9-22)11-15-5-10-26-13-15/h1-5,10,13-14H,6-9,11-12H2. The van der Waals surface area contributed by atoms with Crippen LogP contribution in [0.5, 0.6) is 0 Å². The van der Waals surface area contributed by atoms with E-state index in [1.54, 1.807) is 23.5 Å². The van der Waals surface area contributed by atoms with E-state index >= 15 is 0 Å². The lowest BCUT2D eigenvalue weighted by atomic mass is 10.2. The minimum atomic E-state index is -0.167. The highest BCUT2D eigenvalue weighted by Gasteiger charge is 2.21. The second-order valence-electron chi connectivity index (χ2n) is 6.48. The van der Waals surface area contributed by atoms with Gasteiger partial charge in [-0.25, -0.2) is 4.98 Å². The van der Waals surface area contributed by atoms with Crippen molar-refractivity contribution in [2.75, 3.05) is 26.2 Å². The van der Waals surface area contributed by atoms with Crippen molar-refractivity contribution in [2.24, 2.45) is 0 Å². The maximum Gasteiger partial charge on any atom is 0.261 e. The van der Waals surface area contributed by atoms with Crippen molar-refractivity contribution in [3.05, 3.63) is 63.3 Å². The maximum atomic E-state index is 12.6. The maximum absolute atomic E-state index is 12.6. The van der Waals surface area contributed by atoms with Crippen LogP contribution in [0.2, 0.25) is 0 Å². The molecule has 0 aliphatic carbocycles. The summed E-state index contributed by atoms with van der Waals surface area (Å²) in [5.41, 5.74) is 1.81. The third-order valence-electron chi connectivity index (χ3n) is 4.75. The summed E-state index contributed by atoms with van der Waals surface area (Å²) < 4.78 is 1.41. The molecule has 1 aliphatic rings. The second kappa shape index (κ2) is 7.39. The van der Waals surface area contributed by atoms with Gasteiger partial charge in [-0.05, 0) is 34.5 Å². The molecule has 0 spiro atoms. The number of hydrogen-bond donors (Lipinski definition) is 0. The van der Waals surface area contributed by atoms with Gasteiger partial charge in [0, 0.05) is 32.7 Å². The molecule has 26 heavy (non-hydrogen) atoms. The zero-order valence-electron chi connectivity index (χ0n) is 14.4. The summed E-state index contributed by atoms with van der Waals surface area (Å²) >= 11 is 1.71. The molecule has 6 nitrogen and oxygen atoms in total. The van der Waals surface area contributed by atoms with Crippen molar-refractivity contribution in [3.63, 3.8) is 0 Å². The van der Waals surface area contributed by atoms with E-state index in [2.05, 4.69) is 26.7 Å². The summed E-state index contributed by atoms with van der Waals surface area (Å²) in [6, 6.07) is 9.34. The molecule has 3 heterocycles. The number of piperazine rings is 1. The van der Waals surface area contributed by atoms with Crippen LogP contribution < -0.4 is 5.56 Å². The van der Waals surface area contributed by atoms with Crippen LogP contribution in [0.3, 0.4) is 0 Å². The lowest BCUT2D eigenvalue weighted by Crippen LogP contribution is -2.49. The Morgan fingerprint density at radius 1 is 1.12 bits per heavy atom. The summed E-state index contributed by atoms with van der Waals surface area (Å²) in [7, 11) is 0. The summed E-state index contributed by atoms with van der Waals surface area (Å²) in [4.78, 5) is 33.6. The first-order valence-corrected chi connectivity index (χ1v) is 9.60. The first kappa shape index (κ1) is 16.9. The number of amides is 1. The number of thiophene rings is 1. The number of nitrogens with zero attached hydrogens (tertiary/aromatic N) is 4. The normalized spacial score (nSPS) is 15.5. The summed E-state index contributed by atoms with van der Waals surface area (Å²) in [5, 5.41) is 4.80. The molecular formula is C19H20N4O2S. The summed E-state index contributed by atoms with van der Waals surface area (Å²) in [5.74, 6) is -0.0284. The molecule has 1 saturated heterocycles. The predicted octanol–water partition coefficient (Wildman–Crippen LogP) is 1.80. The van der Waals surface area contributed by atoms with Crippen LogP contribution in [0.25, 0.3) is 10.9 Å². The van der Waals surface area contributed by atoms with Crippen molar-refractivity contribution in [2.45, 2.75) is 13.1 Å². The quantitative estimate of drug-likeness (QED) is 0.705. The number of carbonyl (C=O) groups is 1. The van der Waals surface area contributed by atoms with E-state index in [4.69, 9.17) is 0 Å². The van der Waals surface area contributed by atoms with E-state index < -0.39 is 0 Å². The third-order valence-corrected chi connectivity index (χ3v) is 5.48. The topological polar surface area (TPSA) is 58.4 Å². The van der Waals surface area contributed by atoms with Crippen molar-refractivity contribution in [1.82, 2.24) is 19.4 Å². The fourth-order valence-electron chi connectivity index (χ4n) is 3.26. The van der Waals surface area contributed by atoms with Crippen molar-refractivity contribution in [1.29, 1.82) is 0 Å². The fourth-order valence-corrected chi connectivity index (χ4v) is 3.92. The molecule has 3 aromatic rings. The molecule has 0 N–H and O–H groups in total. The largest absolute Gasteiger partial charge is 0.339 e. The summed E-state index contributed by atoms with van der Waals surface area (Å²) in [6.07, 6.45) is 1.47. The van der Waals surface area contributed by atoms with Gasteiger partial charge in [-0.2, -0.15) is 11.3 Å². The lowest BCUT2D eigenvalue weighted by molar-refractivity contribution is -0.133. The van der Waals surface area contributed by atoms with E-state index in [0.717, 1.165) is 19.6 Å². The van der Waals surface area contributed by atoms with Crippen LogP contribution in [-0.2, 0) is 17.9 Å². The van der Waals surface area contributed by atoms with Crippen LogP contribution in [0.4, 0.5) is 0 Å². The zero-order chi connectivity index (χ0) is 17.9. The Kier molecular flexibility index (Phi) is 4.81. The van der Waals surface area contributed by atoms with E-state index in [-0.39, 0.29) is 18.0 Å². The minimum Gasteiger partial charge on any atom is -0.339 e. The van der Waals surface area contributed by atoms with Crippen molar-refractivity contribution >= 4 is 28.1 Å². The van der Waals surface area contributed by atoms with E-state index in [1.807, 2.05) is 17.0 Å². The highest BCUT2D eigenvalue weighted by atomic mass is 32.1. The van der Waals surface area contributed by atoms with Gasteiger partial charge in [0.25, 0.3) is 5.56 Å². The molecule has 1 fully saturated rings. The van der Waals surface area contributed by atoms with Gasteiger partial charge in [-0.3, -0.25) is 19.1 Å². The van der Waals surface area contributed by atoms with E-state index in [9.17, 15) is 9.59 Å². The third kappa shape index (κ3) is 3.54. The van der Waals surface area contributed by atoms with E-state index in [0.29, 0.717) is 24.0 Å². The highest BCUT2D eigenvalue weighted by Crippen LogP contribution is 2.12. The predicted molar refractivity (Wildman–Crippen MR) is 102 cm³/mol. The van der Waals surface area contributed by atoms with Crippen molar-refractivity contribution < 1.29 is 4.79 Å². The molecular weight excluding hydrogens is 348 g/mol. The van der Waals surface area contributed by atoms with Gasteiger partial charge < -0.3 is 4.90 Å². The van der Waals surface area contributed by atoms with Gasteiger partial charge in [0.1, 0.15) is 6.54 Å². The number of rotatable bonds is 4. The molecule has 1 amide bonds. The monoisotopic (exact) mass is 368 g/mol. The smallest absolute Gasteiger partial charge is 0.261 e. The molecule has 2 aromatic heterocycles. The number of benzene rings is 1. The number of para-hydroxylation sites is 1. The van der Waals surface area contributed by atoms with Gasteiger partial charge >= 0.3 is 0 Å². The highest BCUT2D eigenvalue weighted by molar-refractivity contribution is 7.07. The molecule has 1 aromatic carbocycles. The fraction of sp³-hybridized carbons (Fsp3) is 0.316. The Labute approximate surface area is 155 Å². The lowest BCUT2D eigenvalue weighted by Gasteiger charge is -2.34. The average molecular weight is 368 g/mol. The van der Waals surface area contributed by atoms with Crippen LogP contribution in [0.15, 0.2) is 52.2 Å². The molecule has 134 valence electrons. The van der Waals surface area contributed by atoms with Crippen LogP contribution >= 0.6 is 11.3 Å². The number of aromatic nitrogens is 2. The first-order chi connectivity index (χ1) is 12.7. The van der Waals surface area contributed by atoms with Gasteiger partial charge in [0.05, 0.1) is 17.2 Å². The molecule has 0 atom stereocenters. The number of carbonyl (C=O) groups excluding carboxylic acids is 1. The van der Waals surface area contributed by atoms with Gasteiger partial charge in [-0.1, -0.05) is 12.1 Å². The van der Waals surface area contributed by atoms with Gasteiger partial charge in [-0.15, -0.1) is 0 Å². The number of fused-ring (bicyclic) bond motifs is 1. The zero-order valence-corrected chi connectivity index (χ0v) is 15.2. The molecule has 7 heteroatoms. The Hall–Kier alpha value is -2.51. The SMILES string of the molecule is O=C(Cn1cnc2ccccc2c1=O)N1CCN(Cc2ccsc2)CC1. The van der Waals surface area contributed by atoms with Gasteiger partial charge in [0.15, 0.2) is 0 Å². The molecule has 0 radical (unpaired) electrons. The Balaban J connectivity index is 1.38. The average Bonchev–Trinajstić information content (AvgIpc) is 3.18. The minimum absolute atomic E-state index is 0.0284. The molecule has 1 aliphatic heterocycles. The van der Waals surface area contributed by atoms with Crippen LogP contribution in [0.1, 0.15) is 5.56 Å². The van der Waals surface area contributed by atoms with E-state index in [1.165, 1.54) is 16.5 Å². The Morgan fingerprint density at radius 3 is 2.69 bits per heavy atom. The van der Waals surface area contributed by atoms with Crippen LogP contribution in [-0.4, -0.2) is 51.4 Å². The molecule has 0 bridgehead atoms. The Morgan fingerprint density at radius 2 is 1.92 bits per heavy atom. The van der Waals surface area contributed by atoms with Crippen LogP contribution in [0, 0.1) is 0 Å². The molecule has 0 saturated carbocycles.